The molecule has 0 aliphatic rings. The normalized spacial score (nSPS) is 14.6. The predicted molar refractivity (Wildman–Crippen MR) is 68.3 cm³/mol. The van der Waals surface area contributed by atoms with Crippen LogP contribution in [-0.4, -0.2) is 5.11 Å². The van der Waals surface area contributed by atoms with Crippen molar-refractivity contribution in [3.8, 4) is 0 Å². The summed E-state index contributed by atoms with van der Waals surface area (Å²) in [6, 6.07) is 14.2. The molecule has 0 aliphatic carbocycles. The summed E-state index contributed by atoms with van der Waals surface area (Å²) >= 11 is 0. The number of hydrogen-bond acceptors (Lipinski definition) is 1. The largest absolute Gasteiger partial charge is 0.385 e. The highest BCUT2D eigenvalue weighted by Crippen LogP contribution is 2.27. The van der Waals surface area contributed by atoms with Gasteiger partial charge in [-0.15, -0.1) is 6.58 Å². The highest BCUT2D eigenvalue weighted by atomic mass is 16.3. The molecule has 0 unspecified atom stereocenters. The van der Waals surface area contributed by atoms with Crippen LogP contribution in [-0.2, 0) is 5.60 Å². The molecule has 2 aromatic carbocycles. The van der Waals surface area contributed by atoms with Gasteiger partial charge in [-0.25, -0.2) is 0 Å². The second-order valence-corrected chi connectivity index (χ2v) is 4.33. The average Bonchev–Trinajstić information content (AvgIpc) is 2.28. The number of fused-ring (bicyclic) bond motifs is 1. The van der Waals surface area contributed by atoms with Crippen molar-refractivity contribution in [2.45, 2.75) is 18.9 Å². The summed E-state index contributed by atoms with van der Waals surface area (Å²) in [6.45, 7) is 5.49. The number of aliphatic hydroxyl groups is 1. The molecule has 0 radical (unpaired) electrons. The van der Waals surface area contributed by atoms with Crippen LogP contribution in [0.25, 0.3) is 10.8 Å². The van der Waals surface area contributed by atoms with Crippen molar-refractivity contribution < 1.29 is 5.11 Å². The van der Waals surface area contributed by atoms with Gasteiger partial charge in [-0.2, -0.15) is 0 Å². The van der Waals surface area contributed by atoms with E-state index in [2.05, 4.69) is 18.7 Å². The van der Waals surface area contributed by atoms with E-state index >= 15 is 0 Å². The third-order valence-electron chi connectivity index (χ3n) is 2.91. The molecular formula is C15H16O. The smallest absolute Gasteiger partial charge is 0.0902 e. The fraction of sp³-hybridized carbons (Fsp3) is 0.200. The second kappa shape index (κ2) is 4.11. The van der Waals surface area contributed by atoms with Crippen LogP contribution < -0.4 is 0 Å². The van der Waals surface area contributed by atoms with Crippen molar-refractivity contribution in [3.63, 3.8) is 0 Å². The third kappa shape index (κ3) is 2.00. The zero-order valence-electron chi connectivity index (χ0n) is 9.48. The number of rotatable bonds is 3. The fourth-order valence-corrected chi connectivity index (χ4v) is 1.92. The summed E-state index contributed by atoms with van der Waals surface area (Å²) in [7, 11) is 0. The SMILES string of the molecule is C=CC[C@@](C)(O)c1ccc2ccccc2c1. The van der Waals surface area contributed by atoms with Gasteiger partial charge in [0, 0.05) is 0 Å². The molecule has 0 saturated heterocycles. The zero-order valence-corrected chi connectivity index (χ0v) is 9.48. The standard InChI is InChI=1S/C15H16O/c1-3-10-15(2,16)14-9-8-12-6-4-5-7-13(12)11-14/h3-9,11,16H,1,10H2,2H3/t15-/m1/s1. The van der Waals surface area contributed by atoms with E-state index in [9.17, 15) is 5.11 Å². The van der Waals surface area contributed by atoms with Crippen molar-refractivity contribution in [3.05, 3.63) is 60.7 Å². The van der Waals surface area contributed by atoms with Crippen LogP contribution >= 0.6 is 0 Å². The highest BCUT2D eigenvalue weighted by molar-refractivity contribution is 5.83. The van der Waals surface area contributed by atoms with Gasteiger partial charge in [0.15, 0.2) is 0 Å². The maximum atomic E-state index is 10.3. The minimum absolute atomic E-state index is 0.561. The van der Waals surface area contributed by atoms with Gasteiger partial charge in [-0.3, -0.25) is 0 Å². The van der Waals surface area contributed by atoms with Crippen molar-refractivity contribution in [1.82, 2.24) is 0 Å². The molecule has 0 aliphatic heterocycles. The minimum Gasteiger partial charge on any atom is -0.385 e. The van der Waals surface area contributed by atoms with E-state index in [1.54, 1.807) is 6.08 Å². The Labute approximate surface area is 96.0 Å². The average molecular weight is 212 g/mol. The molecule has 2 rings (SSSR count). The maximum Gasteiger partial charge on any atom is 0.0902 e. The number of hydrogen-bond donors (Lipinski definition) is 1. The van der Waals surface area contributed by atoms with Crippen LogP contribution in [0.3, 0.4) is 0 Å². The van der Waals surface area contributed by atoms with E-state index in [0.29, 0.717) is 6.42 Å². The Morgan fingerprint density at radius 3 is 2.56 bits per heavy atom. The Balaban J connectivity index is 2.50. The molecule has 0 aromatic heterocycles. The van der Waals surface area contributed by atoms with E-state index in [1.807, 2.05) is 37.3 Å². The van der Waals surface area contributed by atoms with E-state index < -0.39 is 5.60 Å². The van der Waals surface area contributed by atoms with Crippen LogP contribution in [0.15, 0.2) is 55.1 Å². The van der Waals surface area contributed by atoms with Gasteiger partial charge in [-0.1, -0.05) is 42.5 Å². The molecule has 1 heteroatoms. The Hall–Kier alpha value is -1.60. The van der Waals surface area contributed by atoms with E-state index in [1.165, 1.54) is 5.39 Å². The van der Waals surface area contributed by atoms with Crippen LogP contribution in [0.2, 0.25) is 0 Å². The predicted octanol–water partition coefficient (Wildman–Crippen LogP) is 3.62. The van der Waals surface area contributed by atoms with Crippen molar-refractivity contribution in [2.24, 2.45) is 0 Å². The molecule has 1 nitrogen and oxygen atoms in total. The topological polar surface area (TPSA) is 20.2 Å². The second-order valence-electron chi connectivity index (χ2n) is 4.33. The van der Waals surface area contributed by atoms with Gasteiger partial charge in [0.25, 0.3) is 0 Å². The van der Waals surface area contributed by atoms with Crippen LogP contribution in [0, 0.1) is 0 Å². The van der Waals surface area contributed by atoms with Gasteiger partial charge in [0.05, 0.1) is 5.60 Å². The molecule has 0 amide bonds. The summed E-state index contributed by atoms with van der Waals surface area (Å²) in [5.41, 5.74) is 0.109. The number of benzene rings is 2. The van der Waals surface area contributed by atoms with Gasteiger partial charge < -0.3 is 5.11 Å². The van der Waals surface area contributed by atoms with Gasteiger partial charge >= 0.3 is 0 Å². The quantitative estimate of drug-likeness (QED) is 0.770. The Bertz CT molecular complexity index is 512. The van der Waals surface area contributed by atoms with Crippen LogP contribution in [0.5, 0.6) is 0 Å². The van der Waals surface area contributed by atoms with E-state index in [-0.39, 0.29) is 0 Å². The van der Waals surface area contributed by atoms with Gasteiger partial charge in [-0.05, 0) is 35.7 Å². The van der Waals surface area contributed by atoms with Crippen molar-refractivity contribution >= 4 is 10.8 Å². The van der Waals surface area contributed by atoms with E-state index in [0.717, 1.165) is 10.9 Å². The van der Waals surface area contributed by atoms with Gasteiger partial charge in [0.1, 0.15) is 0 Å². The summed E-state index contributed by atoms with van der Waals surface area (Å²) < 4.78 is 0. The monoisotopic (exact) mass is 212 g/mol. The van der Waals surface area contributed by atoms with Gasteiger partial charge in [0.2, 0.25) is 0 Å². The summed E-state index contributed by atoms with van der Waals surface area (Å²) in [5.74, 6) is 0. The molecule has 16 heavy (non-hydrogen) atoms. The lowest BCUT2D eigenvalue weighted by Gasteiger charge is -2.22. The molecule has 2 aromatic rings. The molecular weight excluding hydrogens is 196 g/mol. The molecule has 0 spiro atoms. The highest BCUT2D eigenvalue weighted by Gasteiger charge is 2.21. The molecule has 0 heterocycles. The summed E-state index contributed by atoms with van der Waals surface area (Å²) in [4.78, 5) is 0. The Morgan fingerprint density at radius 1 is 1.19 bits per heavy atom. The molecule has 1 atom stereocenters. The molecule has 0 bridgehead atoms. The fourth-order valence-electron chi connectivity index (χ4n) is 1.92. The lowest BCUT2D eigenvalue weighted by molar-refractivity contribution is 0.0608. The molecule has 0 saturated carbocycles. The lowest BCUT2D eigenvalue weighted by Crippen LogP contribution is -2.19. The summed E-state index contributed by atoms with van der Waals surface area (Å²) in [5, 5.41) is 12.6. The first-order chi connectivity index (χ1) is 7.63. The molecule has 1 N–H and O–H groups in total. The van der Waals surface area contributed by atoms with E-state index in [4.69, 9.17) is 0 Å². The minimum atomic E-state index is -0.828. The maximum absolute atomic E-state index is 10.3. The molecule has 82 valence electrons. The Kier molecular flexibility index (Phi) is 2.80. The van der Waals surface area contributed by atoms with Crippen LogP contribution in [0.1, 0.15) is 18.9 Å². The van der Waals surface area contributed by atoms with Crippen LogP contribution in [0.4, 0.5) is 0 Å². The molecule has 0 fully saturated rings. The first-order valence-corrected chi connectivity index (χ1v) is 5.46. The third-order valence-corrected chi connectivity index (χ3v) is 2.91. The first-order valence-electron chi connectivity index (χ1n) is 5.46. The first kappa shape index (κ1) is 10.9. The van der Waals surface area contributed by atoms with Crippen molar-refractivity contribution in [2.75, 3.05) is 0 Å². The summed E-state index contributed by atoms with van der Waals surface area (Å²) in [6.07, 6.45) is 2.31. The lowest BCUT2D eigenvalue weighted by atomic mass is 9.91. The Morgan fingerprint density at radius 2 is 1.88 bits per heavy atom. The zero-order chi connectivity index (χ0) is 11.6. The van der Waals surface area contributed by atoms with Crippen molar-refractivity contribution in [1.29, 1.82) is 0 Å².